The lowest BCUT2D eigenvalue weighted by atomic mass is 9.70. The van der Waals surface area contributed by atoms with Gasteiger partial charge in [-0.1, -0.05) is 41.9 Å². The number of hydrogen-bond acceptors (Lipinski definition) is 5. The van der Waals surface area contributed by atoms with Gasteiger partial charge in [-0.3, -0.25) is 14.4 Å². The molecule has 1 spiro atoms. The molecule has 7 atom stereocenters. The second-order valence-corrected chi connectivity index (χ2v) is 10.9. The largest absolute Gasteiger partial charge is 0.394 e. The number of carbonyl (C=O) groups excluding carboxylic acids is 3. The van der Waals surface area contributed by atoms with Crippen LogP contribution in [0.3, 0.4) is 0 Å². The normalized spacial score (nSPS) is 32.6. The first-order valence-electron chi connectivity index (χ1n) is 12.1. The highest BCUT2D eigenvalue weighted by atomic mass is 79.9. The van der Waals surface area contributed by atoms with E-state index in [1.54, 1.807) is 0 Å². The fourth-order valence-electron chi connectivity index (χ4n) is 5.91. The van der Waals surface area contributed by atoms with Crippen molar-refractivity contribution in [3.05, 3.63) is 29.3 Å². The van der Waals surface area contributed by atoms with Crippen molar-refractivity contribution in [2.45, 2.75) is 75.6 Å². The number of aliphatic hydroxyl groups excluding tert-OH is 1. The van der Waals surface area contributed by atoms with Gasteiger partial charge in [-0.2, -0.15) is 0 Å². The summed E-state index contributed by atoms with van der Waals surface area (Å²) in [5.41, 5.74) is 1.46. The highest BCUT2D eigenvalue weighted by Crippen LogP contribution is 2.60. The Bertz CT molecular complexity index is 983. The van der Waals surface area contributed by atoms with E-state index >= 15 is 0 Å². The minimum Gasteiger partial charge on any atom is -0.394 e. The second kappa shape index (κ2) is 9.59. The molecule has 0 radical (unpaired) electrons. The summed E-state index contributed by atoms with van der Waals surface area (Å²) in [7, 11) is 0. The average Bonchev–Trinajstić information content (AvgIpc) is 3.39. The van der Waals surface area contributed by atoms with E-state index in [2.05, 4.69) is 26.6 Å². The number of aryl methyl sites for hydroxylation is 2. The Hall–Kier alpha value is -1.97. The van der Waals surface area contributed by atoms with Crippen molar-refractivity contribution < 1.29 is 24.2 Å². The van der Waals surface area contributed by atoms with Crippen LogP contribution in [0.5, 0.6) is 0 Å². The standard InChI is InChI=1S/C25H34BrN3O5/c1-5-9-27-22(31)18-19-24(33)29(15(6-2)12-30)21(25(19)11-16(26)20(18)34-25)23(32)28-17-10-13(3)7-8-14(17)4/h7-8,10,15-16,18-21,30H,5-6,9,11-12H2,1-4H3,(H,27,31)(H,28,32)/t15-,16?,18+,19-,20+,21?,25?/m0/s1. The van der Waals surface area contributed by atoms with Crippen LogP contribution in [0.25, 0.3) is 0 Å². The zero-order valence-electron chi connectivity index (χ0n) is 20.1. The summed E-state index contributed by atoms with van der Waals surface area (Å²) in [5, 5.41) is 16.0. The quantitative estimate of drug-likeness (QED) is 0.442. The number of rotatable bonds is 8. The van der Waals surface area contributed by atoms with Gasteiger partial charge in [0, 0.05) is 17.1 Å². The molecule has 34 heavy (non-hydrogen) atoms. The maximum atomic E-state index is 13.9. The van der Waals surface area contributed by atoms with Crippen molar-refractivity contribution in [3.8, 4) is 0 Å². The maximum Gasteiger partial charge on any atom is 0.250 e. The smallest absolute Gasteiger partial charge is 0.250 e. The number of alkyl halides is 1. The van der Waals surface area contributed by atoms with E-state index in [4.69, 9.17) is 4.74 Å². The van der Waals surface area contributed by atoms with Gasteiger partial charge >= 0.3 is 0 Å². The third kappa shape index (κ3) is 3.85. The van der Waals surface area contributed by atoms with Crippen molar-refractivity contribution in [1.82, 2.24) is 10.2 Å². The van der Waals surface area contributed by atoms with Gasteiger partial charge < -0.3 is 25.4 Å². The number of ether oxygens (including phenoxy) is 1. The third-order valence-corrected chi connectivity index (χ3v) is 8.40. The fraction of sp³-hybridized carbons (Fsp3) is 0.640. The van der Waals surface area contributed by atoms with Gasteiger partial charge in [0.05, 0.1) is 30.6 Å². The van der Waals surface area contributed by atoms with Crippen LogP contribution in [0, 0.1) is 25.7 Å². The molecule has 0 aromatic heterocycles. The molecule has 3 heterocycles. The Morgan fingerprint density at radius 1 is 1.29 bits per heavy atom. The molecule has 3 aliphatic heterocycles. The van der Waals surface area contributed by atoms with Gasteiger partial charge in [-0.25, -0.2) is 0 Å². The van der Waals surface area contributed by atoms with Gasteiger partial charge in [0.1, 0.15) is 11.6 Å². The summed E-state index contributed by atoms with van der Waals surface area (Å²) in [5.74, 6) is -2.32. The van der Waals surface area contributed by atoms with Crippen molar-refractivity contribution in [2.75, 3.05) is 18.5 Å². The fourth-order valence-corrected chi connectivity index (χ4v) is 6.85. The molecule has 1 aromatic carbocycles. The van der Waals surface area contributed by atoms with Gasteiger partial charge in [-0.05, 0) is 50.3 Å². The SMILES string of the molecule is CCCNC(=O)[C@H]1[C@@H]2OC3(CC2Br)C(C(=O)Nc2cc(C)ccc2C)N([C@@H](CC)CO)C(=O)[C@H]13. The first kappa shape index (κ1) is 25.1. The summed E-state index contributed by atoms with van der Waals surface area (Å²) < 4.78 is 6.46. The number of halogens is 1. The summed E-state index contributed by atoms with van der Waals surface area (Å²) >= 11 is 3.66. The number of nitrogens with zero attached hydrogens (tertiary/aromatic N) is 1. The first-order chi connectivity index (χ1) is 16.2. The Morgan fingerprint density at radius 3 is 2.68 bits per heavy atom. The number of nitrogens with one attached hydrogen (secondary N) is 2. The molecule has 1 aromatic rings. The topological polar surface area (TPSA) is 108 Å². The van der Waals surface area contributed by atoms with E-state index in [0.717, 1.165) is 17.5 Å². The lowest BCUT2D eigenvalue weighted by Crippen LogP contribution is -2.56. The lowest BCUT2D eigenvalue weighted by molar-refractivity contribution is -0.144. The maximum absolute atomic E-state index is 13.9. The van der Waals surface area contributed by atoms with Crippen LogP contribution in [0.2, 0.25) is 0 Å². The zero-order valence-corrected chi connectivity index (χ0v) is 21.7. The van der Waals surface area contributed by atoms with E-state index in [-0.39, 0.29) is 29.2 Å². The third-order valence-electron chi connectivity index (χ3n) is 7.55. The Morgan fingerprint density at radius 2 is 2.03 bits per heavy atom. The minimum absolute atomic E-state index is 0.154. The van der Waals surface area contributed by atoms with Gasteiger partial charge in [0.15, 0.2) is 0 Å². The molecular formula is C25H34BrN3O5. The number of amides is 3. The minimum atomic E-state index is -1.13. The molecule has 0 saturated carbocycles. The molecule has 3 aliphatic rings. The number of aliphatic hydroxyl groups is 1. The molecule has 3 amide bonds. The Kier molecular flexibility index (Phi) is 7.09. The molecule has 4 rings (SSSR count). The van der Waals surface area contributed by atoms with Crippen molar-refractivity contribution in [1.29, 1.82) is 0 Å². The molecule has 186 valence electrons. The van der Waals surface area contributed by atoms with Crippen LogP contribution in [-0.4, -0.2) is 69.5 Å². The van der Waals surface area contributed by atoms with E-state index < -0.39 is 35.6 Å². The van der Waals surface area contributed by atoms with E-state index in [0.29, 0.717) is 25.1 Å². The van der Waals surface area contributed by atoms with Crippen LogP contribution in [0.15, 0.2) is 18.2 Å². The number of carbonyl (C=O) groups is 3. The highest BCUT2D eigenvalue weighted by molar-refractivity contribution is 9.09. The predicted octanol–water partition coefficient (Wildman–Crippen LogP) is 2.29. The summed E-state index contributed by atoms with van der Waals surface area (Å²) in [6.07, 6.45) is 1.21. The van der Waals surface area contributed by atoms with Crippen LogP contribution >= 0.6 is 15.9 Å². The van der Waals surface area contributed by atoms with Crippen molar-refractivity contribution >= 4 is 39.3 Å². The summed E-state index contributed by atoms with van der Waals surface area (Å²) in [4.78, 5) is 42.2. The number of hydrogen-bond donors (Lipinski definition) is 3. The molecule has 3 unspecified atom stereocenters. The van der Waals surface area contributed by atoms with Gasteiger partial charge in [-0.15, -0.1) is 0 Å². The van der Waals surface area contributed by atoms with E-state index in [1.807, 2.05) is 45.9 Å². The van der Waals surface area contributed by atoms with E-state index in [1.165, 1.54) is 4.90 Å². The molecule has 2 bridgehead atoms. The van der Waals surface area contributed by atoms with Crippen LogP contribution in [-0.2, 0) is 19.1 Å². The summed E-state index contributed by atoms with van der Waals surface area (Å²) in [6.45, 7) is 7.94. The number of fused-ring (bicyclic) bond motifs is 1. The summed E-state index contributed by atoms with van der Waals surface area (Å²) in [6, 6.07) is 4.31. The van der Waals surface area contributed by atoms with E-state index in [9.17, 15) is 19.5 Å². The van der Waals surface area contributed by atoms with Crippen molar-refractivity contribution in [2.24, 2.45) is 11.8 Å². The Balaban J connectivity index is 1.76. The monoisotopic (exact) mass is 535 g/mol. The number of likely N-dealkylation sites (tertiary alicyclic amines) is 1. The second-order valence-electron chi connectivity index (χ2n) is 9.75. The van der Waals surface area contributed by atoms with Gasteiger partial charge in [0.2, 0.25) is 17.7 Å². The lowest BCUT2D eigenvalue weighted by Gasteiger charge is -2.36. The Labute approximate surface area is 208 Å². The van der Waals surface area contributed by atoms with Crippen LogP contribution in [0.1, 0.15) is 44.2 Å². The van der Waals surface area contributed by atoms with Crippen LogP contribution < -0.4 is 10.6 Å². The van der Waals surface area contributed by atoms with Gasteiger partial charge in [0.25, 0.3) is 0 Å². The first-order valence-corrected chi connectivity index (χ1v) is 13.0. The van der Waals surface area contributed by atoms with Crippen LogP contribution in [0.4, 0.5) is 5.69 Å². The number of anilines is 1. The molecular weight excluding hydrogens is 502 g/mol. The highest BCUT2D eigenvalue weighted by Gasteiger charge is 2.76. The molecule has 3 saturated heterocycles. The molecule has 3 N–H and O–H groups in total. The number of benzene rings is 1. The average molecular weight is 536 g/mol. The molecule has 9 heteroatoms. The molecule has 0 aliphatic carbocycles. The molecule has 3 fully saturated rings. The van der Waals surface area contributed by atoms with Crippen molar-refractivity contribution in [3.63, 3.8) is 0 Å². The molecule has 8 nitrogen and oxygen atoms in total. The predicted molar refractivity (Wildman–Crippen MR) is 132 cm³/mol. The zero-order chi connectivity index (χ0) is 24.8.